The van der Waals surface area contributed by atoms with Crippen molar-refractivity contribution in [2.45, 2.75) is 0 Å². The highest BCUT2D eigenvalue weighted by molar-refractivity contribution is 7.30. The van der Waals surface area contributed by atoms with Gasteiger partial charge in [-0.3, -0.25) is 0 Å². The maximum atomic E-state index is 5.28. The maximum Gasteiger partial charge on any atom is 0.456 e. The molecule has 0 atom stereocenters. The summed E-state index contributed by atoms with van der Waals surface area (Å²) in [5.41, 5.74) is 0. The van der Waals surface area contributed by atoms with E-state index < -0.39 is 7.66 Å². The van der Waals surface area contributed by atoms with Gasteiger partial charge < -0.3 is 4.53 Å². The molecule has 0 saturated carbocycles. The van der Waals surface area contributed by atoms with E-state index in [1.54, 1.807) is 14.1 Å². The molecule has 0 fully saturated rings. The Balaban J connectivity index is 2.95. The van der Waals surface area contributed by atoms with Crippen molar-refractivity contribution in [1.82, 2.24) is 5.06 Å². The Kier molecular flexibility index (Phi) is 4.06. The Morgan fingerprint density at radius 3 is 1.86 bits per heavy atom. The Hall–Kier alpha value is 0.717. The van der Waals surface area contributed by atoms with Crippen LogP contribution in [0, 0.1) is 0 Å². The van der Waals surface area contributed by atoms with Gasteiger partial charge in [-0.1, -0.05) is 0 Å². The van der Waals surface area contributed by atoms with Crippen molar-refractivity contribution in [3.8, 4) is 0 Å². The summed E-state index contributed by atoms with van der Waals surface area (Å²) in [6, 6.07) is 0. The zero-order valence-corrected chi connectivity index (χ0v) is 6.62. The number of hydrogen-bond acceptors (Lipinski definition) is 2. The van der Waals surface area contributed by atoms with Crippen molar-refractivity contribution in [1.29, 1.82) is 0 Å². The molecule has 0 N–H and O–H groups in total. The van der Waals surface area contributed by atoms with Crippen molar-refractivity contribution < 1.29 is 4.53 Å². The minimum atomic E-state index is -1.56. The first kappa shape index (κ1) is 7.72. The zero-order chi connectivity index (χ0) is 5.86. The van der Waals surface area contributed by atoms with Gasteiger partial charge in [-0.15, -0.1) is 22.2 Å². The number of rotatable bonds is 2. The van der Waals surface area contributed by atoms with Crippen LogP contribution in [0.25, 0.3) is 0 Å². The molecule has 2 nitrogen and oxygen atoms in total. The van der Waals surface area contributed by atoms with Crippen molar-refractivity contribution in [2.75, 3.05) is 14.1 Å². The van der Waals surface area contributed by atoms with E-state index in [0.29, 0.717) is 0 Å². The van der Waals surface area contributed by atoms with E-state index in [0.717, 1.165) is 0 Å². The van der Waals surface area contributed by atoms with Crippen molar-refractivity contribution in [3.63, 3.8) is 0 Å². The highest BCUT2D eigenvalue weighted by Gasteiger charge is 2.04. The fraction of sp³-hybridized carbons (Fsp3) is 1.00. The van der Waals surface area contributed by atoms with Gasteiger partial charge in [0.05, 0.1) is 0 Å². The standard InChI is InChI=1S/C2H6Cl2NOSi/c1-5(2)6-7(3)4/h1-2H3. The smallest absolute Gasteiger partial charge is 0.304 e. The van der Waals surface area contributed by atoms with Crippen LogP contribution in [-0.2, 0) is 4.53 Å². The Labute approximate surface area is 54.0 Å². The molecule has 1 radical (unpaired) electrons. The van der Waals surface area contributed by atoms with Crippen LogP contribution >= 0.6 is 22.2 Å². The molecule has 0 rings (SSSR count). The molecule has 0 unspecified atom stereocenters. The largest absolute Gasteiger partial charge is 0.456 e. The lowest BCUT2D eigenvalue weighted by Gasteiger charge is -2.07. The molecular formula is C2H6Cl2NOSi. The first-order valence-corrected chi connectivity index (χ1v) is 5.09. The second-order valence-electron chi connectivity index (χ2n) is 1.13. The average Bonchev–Trinajstić information content (AvgIpc) is 1.27. The second-order valence-corrected chi connectivity index (χ2v) is 4.40. The third-order valence-electron chi connectivity index (χ3n) is 0.252. The predicted octanol–water partition coefficient (Wildman–Crippen LogP) is 0.942. The quantitative estimate of drug-likeness (QED) is 0.337. The normalized spacial score (nSPS) is 11.1. The lowest BCUT2D eigenvalue weighted by Crippen LogP contribution is -2.17. The van der Waals surface area contributed by atoms with Gasteiger partial charge in [-0.2, -0.15) is 0 Å². The monoisotopic (exact) mass is 158 g/mol. The molecule has 0 heterocycles. The van der Waals surface area contributed by atoms with Crippen LogP contribution in [0.2, 0.25) is 0 Å². The Bertz CT molecular complexity index is 45.0. The van der Waals surface area contributed by atoms with Crippen LogP contribution < -0.4 is 0 Å². The summed E-state index contributed by atoms with van der Waals surface area (Å²) in [4.78, 5) is 0. The van der Waals surface area contributed by atoms with Crippen LogP contribution in [0.1, 0.15) is 0 Å². The highest BCUT2D eigenvalue weighted by atomic mass is 35.7. The number of halogens is 2. The topological polar surface area (TPSA) is 12.5 Å². The summed E-state index contributed by atoms with van der Waals surface area (Å²) >= 11 is 10.6. The van der Waals surface area contributed by atoms with Crippen LogP contribution in [0.5, 0.6) is 0 Å². The minimum absolute atomic E-state index is 1.48. The van der Waals surface area contributed by atoms with E-state index >= 15 is 0 Å². The SMILES string of the molecule is CN(C)O[Si](Cl)Cl. The van der Waals surface area contributed by atoms with E-state index in [4.69, 9.17) is 26.7 Å². The molecule has 0 aromatic carbocycles. The van der Waals surface area contributed by atoms with Gasteiger partial charge in [0.25, 0.3) is 0 Å². The van der Waals surface area contributed by atoms with Gasteiger partial charge in [0.15, 0.2) is 0 Å². The summed E-state index contributed by atoms with van der Waals surface area (Å²) < 4.78 is 4.72. The van der Waals surface area contributed by atoms with Crippen LogP contribution in [0.15, 0.2) is 0 Å². The van der Waals surface area contributed by atoms with Crippen molar-refractivity contribution >= 4 is 29.8 Å². The van der Waals surface area contributed by atoms with Crippen LogP contribution in [-0.4, -0.2) is 26.8 Å². The minimum Gasteiger partial charge on any atom is -0.304 e. The molecule has 0 aliphatic carbocycles. The van der Waals surface area contributed by atoms with Crippen LogP contribution in [0.3, 0.4) is 0 Å². The molecule has 43 valence electrons. The summed E-state index contributed by atoms with van der Waals surface area (Å²) in [5, 5.41) is 1.48. The Morgan fingerprint density at radius 1 is 1.43 bits per heavy atom. The van der Waals surface area contributed by atoms with Crippen molar-refractivity contribution in [2.24, 2.45) is 0 Å². The lowest BCUT2D eigenvalue weighted by molar-refractivity contribution is 0.00150. The molecule has 0 amide bonds. The average molecular weight is 159 g/mol. The van der Waals surface area contributed by atoms with Gasteiger partial charge in [-0.25, -0.2) is 5.06 Å². The summed E-state index contributed by atoms with van der Waals surface area (Å²) in [5.74, 6) is 0. The van der Waals surface area contributed by atoms with E-state index in [2.05, 4.69) is 0 Å². The third kappa shape index (κ3) is 6.72. The number of hydrogen-bond donors (Lipinski definition) is 0. The van der Waals surface area contributed by atoms with E-state index in [9.17, 15) is 0 Å². The Morgan fingerprint density at radius 2 is 1.86 bits per heavy atom. The van der Waals surface area contributed by atoms with E-state index in [1.165, 1.54) is 5.06 Å². The second kappa shape index (κ2) is 3.69. The van der Waals surface area contributed by atoms with Crippen molar-refractivity contribution in [3.05, 3.63) is 0 Å². The van der Waals surface area contributed by atoms with Gasteiger partial charge in [0.2, 0.25) is 0 Å². The number of hydroxylamine groups is 2. The molecule has 0 aliphatic heterocycles. The third-order valence-corrected chi connectivity index (χ3v) is 1.17. The van der Waals surface area contributed by atoms with E-state index in [1.807, 2.05) is 0 Å². The van der Waals surface area contributed by atoms with Gasteiger partial charge in [0, 0.05) is 14.1 Å². The lowest BCUT2D eigenvalue weighted by atomic mass is 11.2. The van der Waals surface area contributed by atoms with E-state index in [-0.39, 0.29) is 0 Å². The first-order chi connectivity index (χ1) is 3.13. The molecule has 0 spiro atoms. The molecule has 0 aromatic rings. The predicted molar refractivity (Wildman–Crippen MR) is 32.2 cm³/mol. The maximum absolute atomic E-state index is 5.28. The molecule has 0 aromatic heterocycles. The van der Waals surface area contributed by atoms with Crippen LogP contribution in [0.4, 0.5) is 0 Å². The first-order valence-electron chi connectivity index (χ1n) is 1.66. The summed E-state index contributed by atoms with van der Waals surface area (Å²) in [6.07, 6.45) is 0. The molecule has 0 bridgehead atoms. The molecular weight excluding hydrogens is 153 g/mol. The fourth-order valence-electron chi connectivity index (χ4n) is 0.138. The van der Waals surface area contributed by atoms with Gasteiger partial charge >= 0.3 is 7.66 Å². The van der Waals surface area contributed by atoms with Gasteiger partial charge in [0.1, 0.15) is 0 Å². The zero-order valence-electron chi connectivity index (χ0n) is 4.11. The number of nitrogens with zero attached hydrogens (tertiary/aromatic N) is 1. The highest BCUT2D eigenvalue weighted by Crippen LogP contribution is 1.97. The molecule has 7 heavy (non-hydrogen) atoms. The fourth-order valence-corrected chi connectivity index (χ4v) is 1.24. The summed E-state index contributed by atoms with van der Waals surface area (Å²) in [6.45, 7) is 0. The molecule has 5 heteroatoms. The van der Waals surface area contributed by atoms with Gasteiger partial charge in [-0.05, 0) is 0 Å². The molecule has 0 aliphatic rings. The molecule has 0 saturated heterocycles. The summed E-state index contributed by atoms with van der Waals surface area (Å²) in [7, 11) is 1.90.